The summed E-state index contributed by atoms with van der Waals surface area (Å²) in [7, 11) is 5.00. The topological polar surface area (TPSA) is 104 Å². The molecule has 3 atom stereocenters. The van der Waals surface area contributed by atoms with Crippen LogP contribution in [0.25, 0.3) is 0 Å². The van der Waals surface area contributed by atoms with Crippen LogP contribution in [0.15, 0.2) is 97.2 Å². The van der Waals surface area contributed by atoms with Gasteiger partial charge in [-0.25, -0.2) is 9.78 Å². The third kappa shape index (κ3) is 8.81. The molecule has 1 N–H and O–H groups in total. The normalized spacial score (nSPS) is 17.7. The molecule has 1 saturated heterocycles. The van der Waals surface area contributed by atoms with E-state index in [0.29, 0.717) is 24.7 Å². The Bertz CT molecular complexity index is 1780. The molecule has 4 amide bonds. The van der Waals surface area contributed by atoms with E-state index in [2.05, 4.69) is 17.1 Å². The number of imide groups is 1. The standard InChI is InChI=1S/C43H51N5O5/c1-5-38(33-12-8-6-9-13-33)45-43(51)48-40(42(50)46(2)34-14-10-7-11-15-34)37(41(48)49)26-32-24-25-44-39(27-32)47(28-30-16-20-35(52-3)21-17-30)29-31-18-22-36(53-4)23-19-31/h7,10-11,14-25,27,33,37-38,40H,5-6,8-9,12-13,26,28-29H2,1-4H3,(H,45,51)/t37-,38-,40+/m1/s1. The number of rotatable bonds is 14. The van der Waals surface area contributed by atoms with Crippen molar-refractivity contribution in [2.24, 2.45) is 11.8 Å². The number of carbonyl (C=O) groups excluding carboxylic acids is 3. The number of hydrogen-bond donors (Lipinski definition) is 1. The number of likely N-dealkylation sites (tertiary alicyclic amines) is 1. The van der Waals surface area contributed by atoms with Crippen molar-refractivity contribution in [2.75, 3.05) is 31.1 Å². The third-order valence-electron chi connectivity index (χ3n) is 10.8. The molecule has 3 aromatic carbocycles. The zero-order chi connectivity index (χ0) is 37.3. The Hall–Kier alpha value is -5.38. The number of likely N-dealkylation sites (N-methyl/N-ethyl adjacent to an activating group) is 1. The predicted octanol–water partition coefficient (Wildman–Crippen LogP) is 7.41. The fraction of sp³-hybridized carbons (Fsp3) is 0.395. The Kier molecular flexibility index (Phi) is 12.3. The molecule has 6 rings (SSSR count). The van der Waals surface area contributed by atoms with Crippen LogP contribution >= 0.6 is 0 Å². The number of methoxy groups -OCH3 is 2. The number of nitrogens with zero attached hydrogens (tertiary/aromatic N) is 4. The fourth-order valence-electron chi connectivity index (χ4n) is 7.69. The van der Waals surface area contributed by atoms with E-state index < -0.39 is 18.0 Å². The van der Waals surface area contributed by atoms with Crippen molar-refractivity contribution < 1.29 is 23.9 Å². The van der Waals surface area contributed by atoms with E-state index in [1.54, 1.807) is 32.4 Å². The first-order valence-electron chi connectivity index (χ1n) is 18.7. The molecule has 10 nitrogen and oxygen atoms in total. The summed E-state index contributed by atoms with van der Waals surface area (Å²) in [6.07, 6.45) is 8.44. The van der Waals surface area contributed by atoms with Crippen LogP contribution in [0.4, 0.5) is 16.3 Å². The highest BCUT2D eigenvalue weighted by Gasteiger charge is 2.55. The summed E-state index contributed by atoms with van der Waals surface area (Å²) in [6.45, 7) is 3.22. The lowest BCUT2D eigenvalue weighted by Gasteiger charge is -2.46. The monoisotopic (exact) mass is 717 g/mol. The molecular weight excluding hydrogens is 667 g/mol. The molecule has 0 unspecified atom stereocenters. The Morgan fingerprint density at radius 1 is 0.849 bits per heavy atom. The number of para-hydroxylation sites is 1. The van der Waals surface area contributed by atoms with Gasteiger partial charge >= 0.3 is 6.03 Å². The van der Waals surface area contributed by atoms with Gasteiger partial charge in [0, 0.05) is 38.1 Å². The van der Waals surface area contributed by atoms with Crippen molar-refractivity contribution in [1.82, 2.24) is 15.2 Å². The molecule has 4 aromatic rings. The van der Waals surface area contributed by atoms with Gasteiger partial charge in [0.05, 0.1) is 20.1 Å². The number of nitrogens with one attached hydrogen (secondary N) is 1. The fourth-order valence-corrected chi connectivity index (χ4v) is 7.69. The number of aromatic nitrogens is 1. The van der Waals surface area contributed by atoms with Crippen LogP contribution in [0.2, 0.25) is 0 Å². The number of urea groups is 1. The van der Waals surface area contributed by atoms with Gasteiger partial charge in [-0.3, -0.25) is 14.5 Å². The van der Waals surface area contributed by atoms with Crippen LogP contribution < -0.4 is 24.6 Å². The number of anilines is 2. The maximum absolute atomic E-state index is 14.2. The van der Waals surface area contributed by atoms with Crippen LogP contribution in [0.5, 0.6) is 11.5 Å². The highest BCUT2D eigenvalue weighted by molar-refractivity contribution is 6.12. The van der Waals surface area contributed by atoms with E-state index in [9.17, 15) is 14.4 Å². The molecule has 0 spiro atoms. The molecule has 1 aromatic heterocycles. The quantitative estimate of drug-likeness (QED) is 0.136. The zero-order valence-corrected chi connectivity index (χ0v) is 31.2. The Morgan fingerprint density at radius 3 is 2.02 bits per heavy atom. The summed E-state index contributed by atoms with van der Waals surface area (Å²) in [5.74, 6) is 1.33. The summed E-state index contributed by atoms with van der Waals surface area (Å²) in [5, 5.41) is 3.16. The van der Waals surface area contributed by atoms with Gasteiger partial charge in [-0.1, -0.05) is 68.7 Å². The first kappa shape index (κ1) is 37.4. The molecule has 2 fully saturated rings. The van der Waals surface area contributed by atoms with Gasteiger partial charge in [-0.05, 0) is 96.8 Å². The highest BCUT2D eigenvalue weighted by Crippen LogP contribution is 2.35. The molecule has 0 radical (unpaired) electrons. The molecule has 10 heteroatoms. The average Bonchev–Trinajstić information content (AvgIpc) is 3.21. The Labute approximate surface area is 313 Å². The number of hydrogen-bond acceptors (Lipinski definition) is 7. The van der Waals surface area contributed by atoms with E-state index >= 15 is 0 Å². The molecule has 2 aliphatic rings. The number of benzene rings is 3. The van der Waals surface area contributed by atoms with E-state index in [-0.39, 0.29) is 24.3 Å². The van der Waals surface area contributed by atoms with E-state index in [1.807, 2.05) is 91.0 Å². The van der Waals surface area contributed by atoms with Gasteiger partial charge in [0.15, 0.2) is 0 Å². The molecule has 278 valence electrons. The number of β-lactam (4-membered cyclic amide) rings is 1. The van der Waals surface area contributed by atoms with Gasteiger partial charge in [-0.15, -0.1) is 0 Å². The summed E-state index contributed by atoms with van der Waals surface area (Å²) >= 11 is 0. The van der Waals surface area contributed by atoms with Gasteiger partial charge in [0.25, 0.3) is 5.91 Å². The van der Waals surface area contributed by atoms with Gasteiger partial charge in [0.1, 0.15) is 23.4 Å². The number of ether oxygens (including phenoxy) is 2. The minimum Gasteiger partial charge on any atom is -0.497 e. The second kappa shape index (κ2) is 17.4. The third-order valence-corrected chi connectivity index (χ3v) is 10.8. The molecule has 0 bridgehead atoms. The summed E-state index contributed by atoms with van der Waals surface area (Å²) in [6, 6.07) is 27.6. The second-order valence-electron chi connectivity index (χ2n) is 14.1. The second-order valence-corrected chi connectivity index (χ2v) is 14.1. The lowest BCUT2D eigenvalue weighted by Crippen LogP contribution is -2.71. The molecule has 1 aliphatic heterocycles. The van der Waals surface area contributed by atoms with Crippen LogP contribution in [-0.2, 0) is 29.1 Å². The molecular formula is C43H51N5O5. The summed E-state index contributed by atoms with van der Waals surface area (Å²) in [4.78, 5) is 51.7. The maximum Gasteiger partial charge on any atom is 0.325 e. The number of pyridine rings is 1. The molecule has 2 heterocycles. The SMILES string of the molecule is CC[C@@H](NC(=O)N1C(=O)[C@H](Cc2ccnc(N(Cc3ccc(OC)cc3)Cc3ccc(OC)cc3)c2)[C@H]1C(=O)N(C)c1ccccc1)C1CCCCC1. The van der Waals surface area contributed by atoms with E-state index in [0.717, 1.165) is 66.1 Å². The molecule has 1 saturated carbocycles. The minimum absolute atomic E-state index is 0.0394. The van der Waals surface area contributed by atoms with Crippen molar-refractivity contribution in [3.8, 4) is 11.5 Å². The lowest BCUT2D eigenvalue weighted by atomic mass is 9.81. The average molecular weight is 718 g/mol. The Balaban J connectivity index is 1.26. The van der Waals surface area contributed by atoms with Crippen LogP contribution in [0.3, 0.4) is 0 Å². The summed E-state index contributed by atoms with van der Waals surface area (Å²) < 4.78 is 10.7. The maximum atomic E-state index is 14.2. The lowest BCUT2D eigenvalue weighted by molar-refractivity contribution is -0.156. The smallest absolute Gasteiger partial charge is 0.325 e. The number of amides is 4. The van der Waals surface area contributed by atoms with Crippen LogP contribution in [0, 0.1) is 11.8 Å². The largest absolute Gasteiger partial charge is 0.497 e. The van der Waals surface area contributed by atoms with Gasteiger partial charge in [-0.2, -0.15) is 0 Å². The van der Waals surface area contributed by atoms with Crippen molar-refractivity contribution in [2.45, 2.75) is 77.0 Å². The van der Waals surface area contributed by atoms with Crippen molar-refractivity contribution in [3.05, 3.63) is 114 Å². The van der Waals surface area contributed by atoms with Gasteiger partial charge < -0.3 is 24.6 Å². The first-order valence-corrected chi connectivity index (χ1v) is 18.7. The summed E-state index contributed by atoms with van der Waals surface area (Å²) in [5.41, 5.74) is 3.71. The van der Waals surface area contributed by atoms with Crippen molar-refractivity contribution >= 4 is 29.4 Å². The van der Waals surface area contributed by atoms with Crippen LogP contribution in [0.1, 0.15) is 62.1 Å². The molecule has 53 heavy (non-hydrogen) atoms. The predicted molar refractivity (Wildman–Crippen MR) is 207 cm³/mol. The van der Waals surface area contributed by atoms with E-state index in [1.165, 1.54) is 11.3 Å². The van der Waals surface area contributed by atoms with Crippen molar-refractivity contribution in [1.29, 1.82) is 0 Å². The number of carbonyl (C=O) groups is 3. The molecule has 1 aliphatic carbocycles. The van der Waals surface area contributed by atoms with Crippen molar-refractivity contribution in [3.63, 3.8) is 0 Å². The van der Waals surface area contributed by atoms with E-state index in [4.69, 9.17) is 14.5 Å². The van der Waals surface area contributed by atoms with Crippen LogP contribution in [-0.4, -0.2) is 61.1 Å². The first-order chi connectivity index (χ1) is 25.8. The zero-order valence-electron chi connectivity index (χ0n) is 31.2. The Morgan fingerprint density at radius 2 is 1.45 bits per heavy atom. The minimum atomic E-state index is -0.942. The van der Waals surface area contributed by atoms with Gasteiger partial charge in [0.2, 0.25) is 5.91 Å². The highest BCUT2D eigenvalue weighted by atomic mass is 16.5.